The molecule has 2 aliphatic rings. The number of aromatic hydroxyl groups is 2. The van der Waals surface area contributed by atoms with E-state index in [0.29, 0.717) is 40.7 Å². The molecule has 3 atom stereocenters. The van der Waals surface area contributed by atoms with Crippen molar-refractivity contribution in [2.45, 2.75) is 32.4 Å². The lowest BCUT2D eigenvalue weighted by molar-refractivity contribution is 0.169. The van der Waals surface area contributed by atoms with E-state index in [-0.39, 0.29) is 11.5 Å². The highest BCUT2D eigenvalue weighted by Gasteiger charge is 2.32. The van der Waals surface area contributed by atoms with Crippen molar-refractivity contribution < 1.29 is 19.7 Å². The third kappa shape index (κ3) is 4.75. The summed E-state index contributed by atoms with van der Waals surface area (Å²) < 4.78 is 12.5. The van der Waals surface area contributed by atoms with Gasteiger partial charge in [0.25, 0.3) is 0 Å². The molecular weight excluding hydrogens is 452 g/mol. The van der Waals surface area contributed by atoms with Gasteiger partial charge in [0.1, 0.15) is 35.7 Å². The predicted molar refractivity (Wildman–Crippen MR) is 139 cm³/mol. The second kappa shape index (κ2) is 9.96. The van der Waals surface area contributed by atoms with Crippen molar-refractivity contribution in [2.24, 2.45) is 5.92 Å². The fourth-order valence-electron chi connectivity index (χ4n) is 5.03. The summed E-state index contributed by atoms with van der Waals surface area (Å²) in [5.41, 5.74) is 3.10. The minimum Gasteiger partial charge on any atom is -0.508 e. The maximum Gasteiger partial charge on any atom is 0.151 e. The van der Waals surface area contributed by atoms with Crippen LogP contribution in [0.1, 0.15) is 43.1 Å². The second-order valence-corrected chi connectivity index (χ2v) is 9.75. The molecule has 6 heteroatoms. The Kier molecular flexibility index (Phi) is 6.58. The third-order valence-electron chi connectivity index (χ3n) is 7.03. The van der Waals surface area contributed by atoms with Gasteiger partial charge in [0.15, 0.2) is 6.10 Å². The van der Waals surface area contributed by atoms with Gasteiger partial charge in [-0.15, -0.1) is 0 Å². The Morgan fingerprint density at radius 3 is 2.56 bits per heavy atom. The zero-order valence-corrected chi connectivity index (χ0v) is 20.5. The topological polar surface area (TPSA) is 86.0 Å². The highest BCUT2D eigenvalue weighted by molar-refractivity contribution is 6.02. The summed E-state index contributed by atoms with van der Waals surface area (Å²) in [5, 5.41) is 30.3. The first-order valence-corrected chi connectivity index (χ1v) is 12.3. The lowest BCUT2D eigenvalue weighted by atomic mass is 9.86. The molecule has 0 spiro atoms. The van der Waals surface area contributed by atoms with Crippen LogP contribution in [0.3, 0.4) is 0 Å². The Balaban J connectivity index is 1.44. The number of hydrogen-bond donors (Lipinski definition) is 2. The summed E-state index contributed by atoms with van der Waals surface area (Å²) in [5.74, 6) is 2.19. The fraction of sp³-hybridized carbons (Fsp3) is 0.300. The van der Waals surface area contributed by atoms with E-state index in [1.807, 2.05) is 30.3 Å². The Bertz CT molecular complexity index is 1330. The highest BCUT2D eigenvalue weighted by atomic mass is 16.5. The van der Waals surface area contributed by atoms with E-state index >= 15 is 0 Å². The van der Waals surface area contributed by atoms with Crippen LogP contribution in [-0.4, -0.2) is 40.9 Å². The van der Waals surface area contributed by atoms with E-state index in [4.69, 9.17) is 9.47 Å². The predicted octanol–water partition coefficient (Wildman–Crippen LogP) is 5.77. The summed E-state index contributed by atoms with van der Waals surface area (Å²) >= 11 is 0. The molecule has 0 aromatic heterocycles. The zero-order valence-electron chi connectivity index (χ0n) is 20.5. The molecule has 3 unspecified atom stereocenters. The largest absolute Gasteiger partial charge is 0.508 e. The molecule has 36 heavy (non-hydrogen) atoms. The van der Waals surface area contributed by atoms with Gasteiger partial charge in [0, 0.05) is 23.7 Å². The van der Waals surface area contributed by atoms with E-state index in [0.717, 1.165) is 30.3 Å². The molecule has 184 valence electrons. The first-order valence-electron chi connectivity index (χ1n) is 12.3. The number of phenols is 2. The summed E-state index contributed by atoms with van der Waals surface area (Å²) in [4.78, 5) is 2.47. The number of allylic oxidation sites excluding steroid dienone is 1. The van der Waals surface area contributed by atoms with Crippen LogP contribution in [-0.2, 0) is 0 Å². The van der Waals surface area contributed by atoms with Gasteiger partial charge in [-0.25, -0.2) is 0 Å². The monoisotopic (exact) mass is 482 g/mol. The molecule has 1 fully saturated rings. The van der Waals surface area contributed by atoms with Gasteiger partial charge in [-0.1, -0.05) is 31.2 Å². The van der Waals surface area contributed by atoms with Crippen LogP contribution < -0.4 is 9.47 Å². The van der Waals surface area contributed by atoms with Crippen molar-refractivity contribution in [2.75, 3.05) is 19.7 Å². The number of nitrogens with zero attached hydrogens (tertiary/aromatic N) is 2. The molecule has 2 aliphatic heterocycles. The molecule has 3 aromatic carbocycles. The van der Waals surface area contributed by atoms with Crippen LogP contribution in [0.2, 0.25) is 0 Å². The molecule has 5 rings (SSSR count). The smallest absolute Gasteiger partial charge is 0.151 e. The summed E-state index contributed by atoms with van der Waals surface area (Å²) in [7, 11) is 0. The number of rotatable bonds is 6. The Hall–Kier alpha value is -3.95. The van der Waals surface area contributed by atoms with Crippen molar-refractivity contribution >= 4 is 11.1 Å². The summed E-state index contributed by atoms with van der Waals surface area (Å²) in [6.45, 7) is 7.35. The van der Waals surface area contributed by atoms with Crippen molar-refractivity contribution in [1.82, 2.24) is 4.90 Å². The molecule has 2 N–H and O–H groups in total. The number of phenolic OH excluding ortho intramolecular Hbond substituents is 2. The van der Waals surface area contributed by atoms with E-state index in [9.17, 15) is 15.5 Å². The van der Waals surface area contributed by atoms with Crippen LogP contribution >= 0.6 is 0 Å². The second-order valence-electron chi connectivity index (χ2n) is 9.75. The number of benzene rings is 3. The van der Waals surface area contributed by atoms with Gasteiger partial charge >= 0.3 is 0 Å². The van der Waals surface area contributed by atoms with Crippen LogP contribution in [0.5, 0.6) is 23.0 Å². The number of nitriles is 1. The Labute approximate surface area is 211 Å². The maximum atomic E-state index is 10.1. The van der Waals surface area contributed by atoms with E-state index < -0.39 is 6.10 Å². The molecule has 0 aliphatic carbocycles. The molecule has 3 aromatic rings. The Morgan fingerprint density at radius 1 is 1.08 bits per heavy atom. The van der Waals surface area contributed by atoms with Crippen LogP contribution in [0.4, 0.5) is 0 Å². The molecular formula is C30H30N2O4. The van der Waals surface area contributed by atoms with Crippen molar-refractivity contribution in [3.63, 3.8) is 0 Å². The van der Waals surface area contributed by atoms with Gasteiger partial charge in [-0.3, -0.25) is 4.90 Å². The van der Waals surface area contributed by atoms with E-state index in [1.165, 1.54) is 12.5 Å². The van der Waals surface area contributed by atoms with Crippen LogP contribution in [0.25, 0.3) is 11.1 Å². The number of hydrogen-bond acceptors (Lipinski definition) is 6. The number of fused-ring (bicyclic) bond motifs is 1. The molecule has 1 saturated heterocycles. The maximum absolute atomic E-state index is 10.1. The molecule has 6 nitrogen and oxygen atoms in total. The minimum atomic E-state index is -0.572. The zero-order chi connectivity index (χ0) is 25.2. The molecule has 0 amide bonds. The average molecular weight is 483 g/mol. The van der Waals surface area contributed by atoms with E-state index in [1.54, 1.807) is 30.3 Å². The van der Waals surface area contributed by atoms with Crippen molar-refractivity contribution in [3.05, 3.63) is 83.4 Å². The quantitative estimate of drug-likeness (QED) is 0.464. The van der Waals surface area contributed by atoms with Crippen molar-refractivity contribution in [3.8, 4) is 29.1 Å². The molecule has 0 bridgehead atoms. The van der Waals surface area contributed by atoms with Gasteiger partial charge in [-0.05, 0) is 79.4 Å². The lowest BCUT2D eigenvalue weighted by Crippen LogP contribution is -2.35. The van der Waals surface area contributed by atoms with Gasteiger partial charge in [0.05, 0.1) is 5.57 Å². The first kappa shape index (κ1) is 23.8. The highest BCUT2D eigenvalue weighted by Crippen LogP contribution is 2.47. The molecule has 0 radical (unpaired) electrons. The molecule has 0 saturated carbocycles. The van der Waals surface area contributed by atoms with Gasteiger partial charge < -0.3 is 19.7 Å². The normalized spacial score (nSPS) is 20.4. The summed E-state index contributed by atoms with van der Waals surface area (Å²) in [6, 6.07) is 21.9. The average Bonchev–Trinajstić information content (AvgIpc) is 3.33. The molecule has 2 heterocycles. The van der Waals surface area contributed by atoms with Crippen LogP contribution in [0.15, 0.2) is 66.7 Å². The summed E-state index contributed by atoms with van der Waals surface area (Å²) in [6.07, 6.45) is 0.667. The lowest BCUT2D eigenvalue weighted by Gasteiger charge is -2.30. The SMILES string of the molecule is CC1CCN(C(C)COc2ccc(C3Oc4ccc(O)cc4C(C#N)=C3c3cccc(O)c3)cc2)C1. The number of ether oxygens (including phenoxy) is 2. The van der Waals surface area contributed by atoms with Gasteiger partial charge in [-0.2, -0.15) is 5.26 Å². The fourth-order valence-corrected chi connectivity index (χ4v) is 5.03. The number of likely N-dealkylation sites (tertiary alicyclic amines) is 1. The first-order chi connectivity index (χ1) is 17.4. The van der Waals surface area contributed by atoms with Crippen LogP contribution in [0, 0.1) is 17.2 Å². The minimum absolute atomic E-state index is 0.0536. The standard InChI is InChI=1S/C30H30N2O4/c1-19-12-13-32(17-19)20(2)18-35-25-9-6-21(7-10-25)30-29(22-4-3-5-23(33)14-22)27(16-31)26-15-24(34)8-11-28(26)36-30/h3-11,14-15,19-20,30,33-34H,12-13,17-18H2,1-2H3. The van der Waals surface area contributed by atoms with E-state index in [2.05, 4.69) is 24.8 Å². The van der Waals surface area contributed by atoms with Gasteiger partial charge in [0.2, 0.25) is 0 Å². The third-order valence-corrected chi connectivity index (χ3v) is 7.03. The Morgan fingerprint density at radius 2 is 1.86 bits per heavy atom. The van der Waals surface area contributed by atoms with Crippen molar-refractivity contribution in [1.29, 1.82) is 5.26 Å².